The molecule has 1 aromatic rings. The first-order chi connectivity index (χ1) is 15.0. The van der Waals surface area contributed by atoms with Crippen LogP contribution in [0, 0.1) is 59.2 Å². The van der Waals surface area contributed by atoms with Crippen LogP contribution in [0.1, 0.15) is 106 Å². The number of terminal acetylenes is 1. The van der Waals surface area contributed by atoms with Crippen LogP contribution >= 0.6 is 0 Å². The van der Waals surface area contributed by atoms with E-state index < -0.39 is 0 Å². The zero-order valence-electron chi connectivity index (χ0n) is 20.4. The molecule has 8 unspecified atom stereocenters. The molecule has 0 aromatic carbocycles. The Bertz CT molecular complexity index is 813. The van der Waals surface area contributed by atoms with Gasteiger partial charge in [-0.25, -0.2) is 0 Å². The maximum Gasteiger partial charge on any atom is 0.0646 e. The summed E-state index contributed by atoms with van der Waals surface area (Å²) >= 11 is 0. The standard InChI is InChI=1S/C27H38N2.C2H6.2CH4/c1-5-20-15-28-29(17-20)16-19(3)25-10-11-26-24-9-7-21-14-18(2)6-8-22(21)23(24)12-13-27(25,26)4;1-2;;/h1,15,17-18,21-26H,3,6-14,16H2,2,4H3;1-2H3;2*1H4. The molecule has 0 amide bonds. The molecular formula is C31H52N2. The summed E-state index contributed by atoms with van der Waals surface area (Å²) in [6, 6.07) is 0. The van der Waals surface area contributed by atoms with Crippen LogP contribution in [0.2, 0.25) is 0 Å². The van der Waals surface area contributed by atoms with Crippen LogP contribution in [-0.2, 0) is 6.54 Å². The van der Waals surface area contributed by atoms with Crippen LogP contribution in [0.3, 0.4) is 0 Å². The van der Waals surface area contributed by atoms with Crippen molar-refractivity contribution in [3.05, 3.63) is 30.1 Å². The molecule has 2 heteroatoms. The molecule has 186 valence electrons. The number of nitrogens with zero attached hydrogens (tertiary/aromatic N) is 2. The Balaban J connectivity index is 0.000000939. The van der Waals surface area contributed by atoms with E-state index in [9.17, 15) is 0 Å². The third-order valence-corrected chi connectivity index (χ3v) is 9.87. The fourth-order valence-corrected chi connectivity index (χ4v) is 8.60. The minimum absolute atomic E-state index is 0. The minimum Gasteiger partial charge on any atom is -0.267 e. The van der Waals surface area contributed by atoms with Gasteiger partial charge in [-0.1, -0.05) is 67.0 Å². The maximum absolute atomic E-state index is 5.52. The zero-order chi connectivity index (χ0) is 22.2. The van der Waals surface area contributed by atoms with E-state index in [2.05, 4.69) is 31.4 Å². The molecule has 4 aliphatic rings. The van der Waals surface area contributed by atoms with Gasteiger partial charge in [0.1, 0.15) is 0 Å². The lowest BCUT2D eigenvalue weighted by atomic mass is 9.49. The molecule has 0 aliphatic heterocycles. The summed E-state index contributed by atoms with van der Waals surface area (Å²) in [5.41, 5.74) is 2.70. The molecule has 0 bridgehead atoms. The van der Waals surface area contributed by atoms with Crippen LogP contribution < -0.4 is 0 Å². The average molecular weight is 453 g/mol. The van der Waals surface area contributed by atoms with Crippen LogP contribution in [0.4, 0.5) is 0 Å². The first-order valence-electron chi connectivity index (χ1n) is 13.2. The van der Waals surface area contributed by atoms with E-state index in [0.29, 0.717) is 11.3 Å². The number of rotatable bonds is 3. The topological polar surface area (TPSA) is 17.8 Å². The Morgan fingerprint density at radius 1 is 1.09 bits per heavy atom. The summed E-state index contributed by atoms with van der Waals surface area (Å²) in [5, 5.41) is 4.46. The zero-order valence-corrected chi connectivity index (χ0v) is 20.4. The normalized spacial score (nSPS) is 38.6. The number of hydrogen-bond donors (Lipinski definition) is 0. The van der Waals surface area contributed by atoms with Crippen LogP contribution in [0.15, 0.2) is 24.5 Å². The van der Waals surface area contributed by atoms with Gasteiger partial charge in [-0.05, 0) is 98.2 Å². The van der Waals surface area contributed by atoms with Crippen molar-refractivity contribution < 1.29 is 0 Å². The molecule has 5 rings (SSSR count). The van der Waals surface area contributed by atoms with E-state index in [-0.39, 0.29) is 14.9 Å². The molecule has 33 heavy (non-hydrogen) atoms. The van der Waals surface area contributed by atoms with E-state index >= 15 is 0 Å². The fourth-order valence-electron chi connectivity index (χ4n) is 8.60. The van der Waals surface area contributed by atoms with Crippen molar-refractivity contribution in [2.75, 3.05) is 0 Å². The molecule has 1 heterocycles. The predicted octanol–water partition coefficient (Wildman–Crippen LogP) is 8.62. The number of hydrogen-bond acceptors (Lipinski definition) is 1. The summed E-state index contributed by atoms with van der Waals surface area (Å²) < 4.78 is 1.99. The summed E-state index contributed by atoms with van der Waals surface area (Å²) in [6.45, 7) is 14.5. The first kappa shape index (κ1) is 27.8. The summed E-state index contributed by atoms with van der Waals surface area (Å²) in [7, 11) is 0. The van der Waals surface area contributed by atoms with E-state index in [4.69, 9.17) is 6.42 Å². The molecule has 4 aliphatic carbocycles. The highest BCUT2D eigenvalue weighted by Crippen LogP contribution is 2.65. The highest BCUT2D eigenvalue weighted by atomic mass is 15.3. The summed E-state index contributed by atoms with van der Waals surface area (Å²) in [6.07, 6.45) is 22.5. The second-order valence-corrected chi connectivity index (χ2v) is 11.3. The van der Waals surface area contributed by atoms with Crippen molar-refractivity contribution in [2.24, 2.45) is 46.8 Å². The Labute approximate surface area is 206 Å². The molecule has 1 aromatic heterocycles. The molecule has 2 nitrogen and oxygen atoms in total. The van der Waals surface area contributed by atoms with E-state index in [1.54, 1.807) is 6.20 Å². The summed E-state index contributed by atoms with van der Waals surface area (Å²) in [4.78, 5) is 0. The molecular weight excluding hydrogens is 400 g/mol. The Morgan fingerprint density at radius 2 is 1.82 bits per heavy atom. The van der Waals surface area contributed by atoms with E-state index in [1.165, 1.54) is 63.4 Å². The predicted molar refractivity (Wildman–Crippen MR) is 144 cm³/mol. The smallest absolute Gasteiger partial charge is 0.0646 e. The van der Waals surface area contributed by atoms with Crippen molar-refractivity contribution in [3.8, 4) is 12.3 Å². The van der Waals surface area contributed by atoms with Crippen molar-refractivity contribution >= 4 is 0 Å². The van der Waals surface area contributed by atoms with Gasteiger partial charge in [0.2, 0.25) is 0 Å². The van der Waals surface area contributed by atoms with Gasteiger partial charge in [0.25, 0.3) is 0 Å². The molecule has 0 radical (unpaired) electrons. The minimum atomic E-state index is 0. The molecule has 4 fully saturated rings. The van der Waals surface area contributed by atoms with E-state index in [0.717, 1.165) is 47.6 Å². The lowest BCUT2D eigenvalue weighted by Gasteiger charge is -2.56. The lowest BCUT2D eigenvalue weighted by molar-refractivity contribution is -0.0636. The third-order valence-electron chi connectivity index (χ3n) is 9.87. The highest BCUT2D eigenvalue weighted by molar-refractivity contribution is 5.26. The first-order valence-corrected chi connectivity index (χ1v) is 13.2. The van der Waals surface area contributed by atoms with Crippen molar-refractivity contribution in [2.45, 2.75) is 107 Å². The van der Waals surface area contributed by atoms with Crippen LogP contribution in [0.5, 0.6) is 0 Å². The van der Waals surface area contributed by atoms with Gasteiger partial charge >= 0.3 is 0 Å². The Kier molecular flexibility index (Phi) is 9.50. The Hall–Kier alpha value is -1.49. The molecule has 4 saturated carbocycles. The quantitative estimate of drug-likeness (QED) is 0.331. The van der Waals surface area contributed by atoms with Gasteiger partial charge in [-0.3, -0.25) is 4.68 Å². The number of fused-ring (bicyclic) bond motifs is 5. The summed E-state index contributed by atoms with van der Waals surface area (Å²) in [5.74, 6) is 9.32. The number of allylic oxidation sites excluding steroid dienone is 1. The molecule has 8 atom stereocenters. The maximum atomic E-state index is 5.52. The molecule has 0 N–H and O–H groups in total. The van der Waals surface area contributed by atoms with Gasteiger partial charge in [-0.15, -0.1) is 6.42 Å². The van der Waals surface area contributed by atoms with Crippen molar-refractivity contribution in [1.29, 1.82) is 0 Å². The SMILES string of the molecule is C.C.C#Cc1cnn(CC(=C)C2CCC3C4CCC5CC(C)CCC5C4CCC23C)c1.CC. The van der Waals surface area contributed by atoms with E-state index in [1.807, 2.05) is 24.7 Å². The van der Waals surface area contributed by atoms with Crippen LogP contribution in [0.25, 0.3) is 0 Å². The average Bonchev–Trinajstić information content (AvgIpc) is 3.38. The second-order valence-electron chi connectivity index (χ2n) is 11.3. The van der Waals surface area contributed by atoms with Gasteiger partial charge < -0.3 is 0 Å². The lowest BCUT2D eigenvalue weighted by Crippen LogP contribution is -2.48. The molecule has 0 saturated heterocycles. The van der Waals surface area contributed by atoms with Crippen molar-refractivity contribution in [1.82, 2.24) is 9.78 Å². The van der Waals surface area contributed by atoms with Gasteiger partial charge in [-0.2, -0.15) is 5.10 Å². The van der Waals surface area contributed by atoms with Gasteiger partial charge in [0.05, 0.1) is 18.3 Å². The Morgan fingerprint density at radius 3 is 2.52 bits per heavy atom. The highest BCUT2D eigenvalue weighted by Gasteiger charge is 2.57. The largest absolute Gasteiger partial charge is 0.267 e. The van der Waals surface area contributed by atoms with Crippen molar-refractivity contribution in [3.63, 3.8) is 0 Å². The number of aromatic nitrogens is 2. The van der Waals surface area contributed by atoms with Gasteiger partial charge in [0, 0.05) is 6.20 Å². The molecule has 0 spiro atoms. The fraction of sp³-hybridized carbons (Fsp3) is 0.774. The van der Waals surface area contributed by atoms with Gasteiger partial charge in [0.15, 0.2) is 0 Å². The second kappa shape index (κ2) is 11.3. The van der Waals surface area contributed by atoms with Crippen LogP contribution in [-0.4, -0.2) is 9.78 Å². The monoisotopic (exact) mass is 452 g/mol. The third kappa shape index (κ3) is 4.99.